The van der Waals surface area contributed by atoms with E-state index >= 15 is 0 Å². The molecule has 2 amide bonds. The predicted molar refractivity (Wildman–Crippen MR) is 46.0 cm³/mol. The lowest BCUT2D eigenvalue weighted by molar-refractivity contribution is 0.170. The van der Waals surface area contributed by atoms with Crippen LogP contribution in [0.4, 0.5) is 4.79 Å². The Morgan fingerprint density at radius 3 is 2.92 bits per heavy atom. The molecular formula is C8H16N2O2. The Morgan fingerprint density at radius 2 is 2.42 bits per heavy atom. The lowest BCUT2D eigenvalue weighted by Gasteiger charge is -2.23. The van der Waals surface area contributed by atoms with Crippen molar-refractivity contribution in [1.82, 2.24) is 10.6 Å². The van der Waals surface area contributed by atoms with Crippen LogP contribution >= 0.6 is 0 Å². The number of nitrogens with one attached hydrogen (secondary N) is 2. The lowest BCUT2D eigenvalue weighted by Crippen LogP contribution is -2.50. The molecule has 0 spiro atoms. The Morgan fingerprint density at radius 1 is 1.67 bits per heavy atom. The van der Waals surface area contributed by atoms with E-state index < -0.39 is 0 Å². The van der Waals surface area contributed by atoms with E-state index in [4.69, 9.17) is 4.74 Å². The minimum absolute atomic E-state index is 0.106. The highest BCUT2D eigenvalue weighted by Crippen LogP contribution is 2.16. The molecule has 0 aromatic rings. The van der Waals surface area contributed by atoms with Gasteiger partial charge >= 0.3 is 6.03 Å². The summed E-state index contributed by atoms with van der Waals surface area (Å²) in [5.41, 5.74) is -0.167. The van der Waals surface area contributed by atoms with E-state index in [9.17, 15) is 4.79 Å². The number of urea groups is 1. The maximum Gasteiger partial charge on any atom is 0.315 e. The van der Waals surface area contributed by atoms with Gasteiger partial charge in [-0.05, 0) is 20.3 Å². The van der Waals surface area contributed by atoms with E-state index in [1.165, 1.54) is 0 Å². The molecule has 1 fully saturated rings. The van der Waals surface area contributed by atoms with Gasteiger partial charge in [0.05, 0.1) is 12.1 Å². The molecule has 4 nitrogen and oxygen atoms in total. The standard InChI is InChI=1S/C8H16N2O2/c1-3-9-7(11)10-8(2)4-5-12-6-8/h3-6H2,1-2H3,(H2,9,10,11). The van der Waals surface area contributed by atoms with E-state index in [-0.39, 0.29) is 11.6 Å². The van der Waals surface area contributed by atoms with Crippen molar-refractivity contribution in [3.63, 3.8) is 0 Å². The van der Waals surface area contributed by atoms with Gasteiger partial charge in [-0.2, -0.15) is 0 Å². The zero-order chi connectivity index (χ0) is 9.03. The van der Waals surface area contributed by atoms with E-state index in [0.29, 0.717) is 13.2 Å². The first-order valence-electron chi connectivity index (χ1n) is 4.30. The van der Waals surface area contributed by atoms with E-state index in [0.717, 1.165) is 13.0 Å². The average molecular weight is 172 g/mol. The molecule has 1 rings (SSSR count). The Balaban J connectivity index is 2.33. The maximum absolute atomic E-state index is 11.1. The van der Waals surface area contributed by atoms with Crippen LogP contribution in [-0.2, 0) is 4.74 Å². The van der Waals surface area contributed by atoms with E-state index in [1.807, 2.05) is 13.8 Å². The highest BCUT2D eigenvalue weighted by molar-refractivity contribution is 5.74. The van der Waals surface area contributed by atoms with Gasteiger partial charge in [-0.3, -0.25) is 0 Å². The van der Waals surface area contributed by atoms with Gasteiger partial charge in [-0.25, -0.2) is 4.79 Å². The second kappa shape index (κ2) is 3.76. The third-order valence-electron chi connectivity index (χ3n) is 1.97. The van der Waals surface area contributed by atoms with Gasteiger partial charge in [0.2, 0.25) is 0 Å². The van der Waals surface area contributed by atoms with Gasteiger partial charge in [-0.1, -0.05) is 0 Å². The molecule has 0 aliphatic carbocycles. The summed E-state index contributed by atoms with van der Waals surface area (Å²) >= 11 is 0. The molecule has 1 unspecified atom stereocenters. The maximum atomic E-state index is 11.1. The number of hydrogen-bond acceptors (Lipinski definition) is 2. The van der Waals surface area contributed by atoms with Crippen molar-refractivity contribution >= 4 is 6.03 Å². The van der Waals surface area contributed by atoms with Crippen molar-refractivity contribution in [1.29, 1.82) is 0 Å². The number of carbonyl (C=O) groups excluding carboxylic acids is 1. The normalized spacial score (nSPS) is 28.5. The van der Waals surface area contributed by atoms with Crippen LogP contribution in [0.3, 0.4) is 0 Å². The van der Waals surface area contributed by atoms with Gasteiger partial charge in [0, 0.05) is 13.2 Å². The molecule has 2 N–H and O–H groups in total. The first-order valence-corrected chi connectivity index (χ1v) is 4.30. The summed E-state index contributed by atoms with van der Waals surface area (Å²) in [5, 5.41) is 5.57. The van der Waals surface area contributed by atoms with Crippen molar-refractivity contribution in [2.45, 2.75) is 25.8 Å². The summed E-state index contributed by atoms with van der Waals surface area (Å²) in [6.07, 6.45) is 0.893. The Kier molecular flexibility index (Phi) is 2.92. The molecule has 1 aliphatic heterocycles. The highest BCUT2D eigenvalue weighted by atomic mass is 16.5. The topological polar surface area (TPSA) is 50.4 Å². The zero-order valence-electron chi connectivity index (χ0n) is 7.64. The summed E-state index contributed by atoms with van der Waals surface area (Å²) in [6.45, 7) is 5.90. The minimum Gasteiger partial charge on any atom is -0.379 e. The smallest absolute Gasteiger partial charge is 0.315 e. The third-order valence-corrected chi connectivity index (χ3v) is 1.97. The molecule has 70 valence electrons. The lowest BCUT2D eigenvalue weighted by atomic mass is 10.0. The summed E-state index contributed by atoms with van der Waals surface area (Å²) in [5.74, 6) is 0. The molecule has 0 radical (unpaired) electrons. The zero-order valence-corrected chi connectivity index (χ0v) is 7.64. The fourth-order valence-electron chi connectivity index (χ4n) is 1.24. The van der Waals surface area contributed by atoms with Gasteiger partial charge in [0.1, 0.15) is 0 Å². The fraction of sp³-hybridized carbons (Fsp3) is 0.875. The van der Waals surface area contributed by atoms with Gasteiger partial charge in [0.15, 0.2) is 0 Å². The van der Waals surface area contributed by atoms with Crippen LogP contribution in [0.2, 0.25) is 0 Å². The van der Waals surface area contributed by atoms with Gasteiger partial charge in [-0.15, -0.1) is 0 Å². The quantitative estimate of drug-likeness (QED) is 0.636. The molecule has 0 aromatic carbocycles. The Hall–Kier alpha value is -0.770. The van der Waals surface area contributed by atoms with Crippen LogP contribution in [0.25, 0.3) is 0 Å². The predicted octanol–water partition coefficient (Wildman–Crippen LogP) is 0.484. The van der Waals surface area contributed by atoms with Gasteiger partial charge in [0.25, 0.3) is 0 Å². The molecule has 0 saturated carbocycles. The molecule has 1 atom stereocenters. The highest BCUT2D eigenvalue weighted by Gasteiger charge is 2.30. The molecule has 0 aromatic heterocycles. The monoisotopic (exact) mass is 172 g/mol. The SMILES string of the molecule is CCNC(=O)NC1(C)CCOC1. The number of rotatable bonds is 2. The Labute approximate surface area is 72.7 Å². The molecule has 4 heteroatoms. The molecule has 12 heavy (non-hydrogen) atoms. The van der Waals surface area contributed by atoms with Crippen molar-refractivity contribution < 1.29 is 9.53 Å². The summed E-state index contributed by atoms with van der Waals surface area (Å²) in [6, 6.07) is -0.106. The van der Waals surface area contributed by atoms with E-state index in [1.54, 1.807) is 0 Å². The van der Waals surface area contributed by atoms with Crippen LogP contribution in [0.15, 0.2) is 0 Å². The van der Waals surface area contributed by atoms with Crippen LogP contribution in [0, 0.1) is 0 Å². The Bertz CT molecular complexity index is 164. The van der Waals surface area contributed by atoms with Crippen LogP contribution < -0.4 is 10.6 Å². The third kappa shape index (κ3) is 2.37. The average Bonchev–Trinajstić information content (AvgIpc) is 2.36. The minimum atomic E-state index is -0.167. The van der Waals surface area contributed by atoms with Gasteiger partial charge < -0.3 is 15.4 Å². The molecular weight excluding hydrogens is 156 g/mol. The van der Waals surface area contributed by atoms with Crippen molar-refractivity contribution in [3.05, 3.63) is 0 Å². The molecule has 1 saturated heterocycles. The number of carbonyl (C=O) groups is 1. The second-order valence-corrected chi connectivity index (χ2v) is 3.35. The first kappa shape index (κ1) is 9.32. The molecule has 1 heterocycles. The van der Waals surface area contributed by atoms with Crippen LogP contribution in [-0.4, -0.2) is 31.3 Å². The summed E-state index contributed by atoms with van der Waals surface area (Å²) < 4.78 is 5.20. The van der Waals surface area contributed by atoms with Crippen LogP contribution in [0.5, 0.6) is 0 Å². The summed E-state index contributed by atoms with van der Waals surface area (Å²) in [7, 11) is 0. The molecule has 1 aliphatic rings. The van der Waals surface area contributed by atoms with Crippen molar-refractivity contribution in [2.24, 2.45) is 0 Å². The van der Waals surface area contributed by atoms with Crippen molar-refractivity contribution in [2.75, 3.05) is 19.8 Å². The fourth-order valence-corrected chi connectivity index (χ4v) is 1.24. The summed E-state index contributed by atoms with van der Waals surface area (Å²) in [4.78, 5) is 11.1. The largest absolute Gasteiger partial charge is 0.379 e. The van der Waals surface area contributed by atoms with Crippen molar-refractivity contribution in [3.8, 4) is 0 Å². The number of amides is 2. The van der Waals surface area contributed by atoms with Crippen LogP contribution in [0.1, 0.15) is 20.3 Å². The number of ether oxygens (including phenoxy) is 1. The van der Waals surface area contributed by atoms with E-state index in [2.05, 4.69) is 10.6 Å². The first-order chi connectivity index (χ1) is 5.66. The second-order valence-electron chi connectivity index (χ2n) is 3.35. The molecule has 0 bridgehead atoms. The number of hydrogen-bond donors (Lipinski definition) is 2.